The van der Waals surface area contributed by atoms with Gasteiger partial charge in [0.15, 0.2) is 0 Å². The molecule has 45 heavy (non-hydrogen) atoms. The summed E-state index contributed by atoms with van der Waals surface area (Å²) < 4.78 is 46.8. The molecule has 3 saturated carbocycles. The van der Waals surface area contributed by atoms with Gasteiger partial charge in [0.1, 0.15) is 5.75 Å². The minimum absolute atomic E-state index is 0.128. The van der Waals surface area contributed by atoms with E-state index in [9.17, 15) is 9.59 Å². The van der Waals surface area contributed by atoms with Crippen molar-refractivity contribution in [3.05, 3.63) is 59.7 Å². The molecule has 3 fully saturated rings. The van der Waals surface area contributed by atoms with Gasteiger partial charge in [-0.25, -0.2) is 9.59 Å². The molecular weight excluding hydrogens is 578 g/mol. The van der Waals surface area contributed by atoms with Crippen LogP contribution in [-0.2, 0) is 14.3 Å². The average molecular weight is 627 g/mol. The molecular formula is C36H48F2N2O5. The first-order chi connectivity index (χ1) is 21.6. The van der Waals surface area contributed by atoms with E-state index in [0.717, 1.165) is 38.5 Å². The average Bonchev–Trinajstić information content (AvgIpc) is 3.02. The first-order valence-corrected chi connectivity index (χ1v) is 16.4. The Labute approximate surface area is 265 Å². The lowest BCUT2D eigenvalue weighted by atomic mass is 9.52. The summed E-state index contributed by atoms with van der Waals surface area (Å²) >= 11 is 0. The van der Waals surface area contributed by atoms with Crippen LogP contribution in [0, 0.1) is 10.8 Å². The molecule has 4 N–H and O–H groups in total. The van der Waals surface area contributed by atoms with Crippen LogP contribution in [0.5, 0.6) is 5.75 Å². The first-order valence-electron chi connectivity index (χ1n) is 16.4. The number of hydrogen-bond acceptors (Lipinski definition) is 7. The van der Waals surface area contributed by atoms with E-state index in [1.54, 1.807) is 24.3 Å². The molecule has 5 rings (SSSR count). The van der Waals surface area contributed by atoms with E-state index in [0.29, 0.717) is 54.6 Å². The molecule has 2 aromatic rings. The number of carbonyl (C=O) groups excluding carboxylic acids is 2. The van der Waals surface area contributed by atoms with Gasteiger partial charge in [-0.3, -0.25) is 0 Å². The highest BCUT2D eigenvalue weighted by molar-refractivity contribution is 5.91. The number of fused-ring (bicyclic) bond motifs is 3. The number of rotatable bonds is 17. The van der Waals surface area contributed by atoms with E-state index in [1.165, 1.54) is 49.6 Å². The largest absolute Gasteiger partial charge is 0.463 e. The lowest BCUT2D eigenvalue weighted by Crippen LogP contribution is -2.53. The second-order valence-electron chi connectivity index (χ2n) is 12.9. The van der Waals surface area contributed by atoms with Crippen molar-refractivity contribution in [3.8, 4) is 5.75 Å². The zero-order valence-electron chi connectivity index (χ0n) is 26.5. The second-order valence-corrected chi connectivity index (χ2v) is 12.9. The molecule has 0 radical (unpaired) electrons. The van der Waals surface area contributed by atoms with Gasteiger partial charge in [-0.05, 0) is 118 Å². The Bertz CT molecular complexity index is 1270. The molecule has 0 aromatic heterocycles. The number of nitrogen functional groups attached to an aromatic ring is 2. The van der Waals surface area contributed by atoms with Crippen LogP contribution >= 0.6 is 0 Å². The third-order valence-corrected chi connectivity index (χ3v) is 9.60. The molecule has 0 aliphatic heterocycles. The summed E-state index contributed by atoms with van der Waals surface area (Å²) in [5, 5.41) is 0. The molecule has 2 bridgehead atoms. The Morgan fingerprint density at radius 3 is 2.02 bits per heavy atom. The fourth-order valence-electron chi connectivity index (χ4n) is 6.71. The van der Waals surface area contributed by atoms with Crippen molar-refractivity contribution < 1.29 is 32.6 Å². The predicted octanol–water partition coefficient (Wildman–Crippen LogP) is 8.72. The maximum Gasteiger partial charge on any atom is 0.403 e. The Hall–Kier alpha value is -3.62. The summed E-state index contributed by atoms with van der Waals surface area (Å²) in [5.74, 6) is -0.813. The van der Waals surface area contributed by atoms with Crippen molar-refractivity contribution in [2.24, 2.45) is 10.8 Å². The number of alkyl halides is 2. The standard InChI is InChI=1S/C36H48F2N2O5/c1-2-3-6-15-34-16-19-35(20-17-34,21-18-34)36(37,38)45-31-12-9-27(10-13-31)11-14-32(41)43-22-7-4-5-8-23-44-33(42)28-24-29(39)26-30(40)25-28/h9-14,24-26H,2-8,15-23,39-40H2,1H3/b14-11+. The number of esters is 2. The van der Waals surface area contributed by atoms with Crippen LogP contribution in [0.4, 0.5) is 20.2 Å². The molecule has 0 saturated heterocycles. The first kappa shape index (κ1) is 34.3. The summed E-state index contributed by atoms with van der Waals surface area (Å²) in [6.45, 7) is 2.74. The van der Waals surface area contributed by atoms with Crippen LogP contribution in [-0.4, -0.2) is 31.3 Å². The Morgan fingerprint density at radius 2 is 1.42 bits per heavy atom. The Morgan fingerprint density at radius 1 is 0.822 bits per heavy atom. The topological polar surface area (TPSA) is 114 Å². The van der Waals surface area contributed by atoms with Gasteiger partial charge in [0, 0.05) is 17.5 Å². The fourth-order valence-corrected chi connectivity index (χ4v) is 6.71. The monoisotopic (exact) mass is 626 g/mol. The number of benzene rings is 2. The molecule has 0 heterocycles. The summed E-state index contributed by atoms with van der Waals surface area (Å²) in [6, 6.07) is 11.0. The Balaban J connectivity index is 1.11. The summed E-state index contributed by atoms with van der Waals surface area (Å²) in [6.07, 6.45) is 11.6. The molecule has 0 atom stereocenters. The minimum atomic E-state index is -3.22. The molecule has 7 nitrogen and oxygen atoms in total. The highest BCUT2D eigenvalue weighted by Crippen LogP contribution is 2.63. The fraction of sp³-hybridized carbons (Fsp3) is 0.556. The molecule has 9 heteroatoms. The SMILES string of the molecule is CCCCCC12CCC(C(F)(F)Oc3ccc(/C=C/C(=O)OCCCCCCOC(=O)c4cc(N)cc(N)c4)cc3)(CC1)CC2. The van der Waals surface area contributed by atoms with Gasteiger partial charge in [-0.15, -0.1) is 0 Å². The molecule has 0 spiro atoms. The number of anilines is 2. The van der Waals surface area contributed by atoms with E-state index >= 15 is 8.78 Å². The van der Waals surface area contributed by atoms with Gasteiger partial charge in [0.25, 0.3) is 0 Å². The summed E-state index contributed by atoms with van der Waals surface area (Å²) in [5.41, 5.74) is 12.4. The van der Waals surface area contributed by atoms with E-state index in [4.69, 9.17) is 25.7 Å². The molecule has 0 amide bonds. The summed E-state index contributed by atoms with van der Waals surface area (Å²) in [7, 11) is 0. The molecule has 246 valence electrons. The van der Waals surface area contributed by atoms with Crippen molar-refractivity contribution in [3.63, 3.8) is 0 Å². The van der Waals surface area contributed by atoms with Gasteiger partial charge in [-0.2, -0.15) is 8.78 Å². The minimum Gasteiger partial charge on any atom is -0.463 e. The second kappa shape index (κ2) is 15.6. The number of nitrogens with two attached hydrogens (primary N) is 2. The normalized spacial score (nSPS) is 21.1. The maximum atomic E-state index is 15.5. The van der Waals surface area contributed by atoms with Gasteiger partial charge < -0.3 is 25.7 Å². The number of ether oxygens (including phenoxy) is 3. The van der Waals surface area contributed by atoms with Crippen LogP contribution in [0.25, 0.3) is 6.08 Å². The maximum absolute atomic E-state index is 15.5. The quantitative estimate of drug-likeness (QED) is 0.0781. The highest BCUT2D eigenvalue weighted by Gasteiger charge is 2.62. The van der Waals surface area contributed by atoms with Crippen LogP contribution in [0.1, 0.15) is 113 Å². The third-order valence-electron chi connectivity index (χ3n) is 9.60. The lowest BCUT2D eigenvalue weighted by Gasteiger charge is -2.55. The van der Waals surface area contributed by atoms with Crippen molar-refractivity contribution in [1.29, 1.82) is 0 Å². The summed E-state index contributed by atoms with van der Waals surface area (Å²) in [4.78, 5) is 24.2. The van der Waals surface area contributed by atoms with Crippen molar-refractivity contribution in [2.75, 3.05) is 24.7 Å². The number of unbranched alkanes of at least 4 members (excludes halogenated alkanes) is 5. The molecule has 2 aromatic carbocycles. The van der Waals surface area contributed by atoms with E-state index in [-0.39, 0.29) is 24.4 Å². The predicted molar refractivity (Wildman–Crippen MR) is 173 cm³/mol. The zero-order valence-corrected chi connectivity index (χ0v) is 26.5. The zero-order chi connectivity index (χ0) is 32.3. The van der Waals surface area contributed by atoms with Gasteiger partial charge in [0.2, 0.25) is 0 Å². The van der Waals surface area contributed by atoms with Gasteiger partial charge in [-0.1, -0.05) is 38.3 Å². The number of hydrogen-bond donors (Lipinski definition) is 2. The van der Waals surface area contributed by atoms with Crippen molar-refractivity contribution in [1.82, 2.24) is 0 Å². The van der Waals surface area contributed by atoms with E-state index in [1.807, 2.05) is 0 Å². The van der Waals surface area contributed by atoms with E-state index < -0.39 is 23.5 Å². The van der Waals surface area contributed by atoms with Gasteiger partial charge >= 0.3 is 18.0 Å². The Kier molecular flexibility index (Phi) is 11.9. The highest BCUT2D eigenvalue weighted by atomic mass is 19.3. The van der Waals surface area contributed by atoms with Crippen LogP contribution in [0.3, 0.4) is 0 Å². The molecule has 3 aliphatic rings. The molecule has 3 aliphatic carbocycles. The van der Waals surface area contributed by atoms with E-state index in [2.05, 4.69) is 6.92 Å². The van der Waals surface area contributed by atoms with Crippen LogP contribution < -0.4 is 16.2 Å². The lowest BCUT2D eigenvalue weighted by molar-refractivity contribution is -0.289. The van der Waals surface area contributed by atoms with Crippen LogP contribution in [0.2, 0.25) is 0 Å². The molecule has 0 unspecified atom stereocenters. The third kappa shape index (κ3) is 9.44. The van der Waals surface area contributed by atoms with Crippen molar-refractivity contribution >= 4 is 29.4 Å². The smallest absolute Gasteiger partial charge is 0.403 e. The number of carbonyl (C=O) groups is 2. The van der Waals surface area contributed by atoms with Gasteiger partial charge in [0.05, 0.1) is 24.2 Å². The van der Waals surface area contributed by atoms with Crippen LogP contribution in [0.15, 0.2) is 48.5 Å². The number of halogens is 2. The van der Waals surface area contributed by atoms with Crippen molar-refractivity contribution in [2.45, 2.75) is 103 Å².